The second-order valence-electron chi connectivity index (χ2n) is 3.93. The van der Waals surface area contributed by atoms with Crippen LogP contribution in [0.25, 0.3) is 0 Å². The van der Waals surface area contributed by atoms with Crippen LogP contribution in [0.3, 0.4) is 0 Å². The number of nitrogens with two attached hydrogens (primary N) is 1. The first-order valence-electron chi connectivity index (χ1n) is 5.80. The van der Waals surface area contributed by atoms with Crippen molar-refractivity contribution in [1.29, 1.82) is 0 Å². The molecule has 0 radical (unpaired) electrons. The predicted molar refractivity (Wildman–Crippen MR) is 74.3 cm³/mol. The van der Waals surface area contributed by atoms with Crippen LogP contribution in [0.5, 0.6) is 0 Å². The van der Waals surface area contributed by atoms with Gasteiger partial charge in [0.25, 0.3) is 0 Å². The van der Waals surface area contributed by atoms with Crippen molar-refractivity contribution in [2.45, 2.75) is 19.4 Å². The molecule has 0 saturated carbocycles. The minimum Gasteiger partial charge on any atom is -0.354 e. The summed E-state index contributed by atoms with van der Waals surface area (Å²) in [6, 6.07) is 9.10. The SMILES string of the molecule is CC(=O)SCCNC(=O)[C@@H](N)Cc1ccccc1. The molecule has 3 N–H and O–H groups in total. The van der Waals surface area contributed by atoms with Crippen molar-refractivity contribution >= 4 is 22.8 Å². The molecule has 1 rings (SSSR count). The van der Waals surface area contributed by atoms with Gasteiger partial charge in [-0.3, -0.25) is 9.59 Å². The van der Waals surface area contributed by atoms with Crippen molar-refractivity contribution in [3.63, 3.8) is 0 Å². The first-order chi connectivity index (χ1) is 8.59. The number of hydrogen-bond acceptors (Lipinski definition) is 4. The molecule has 0 spiro atoms. The maximum Gasteiger partial charge on any atom is 0.237 e. The number of thioether (sulfide) groups is 1. The number of nitrogens with one attached hydrogen (secondary N) is 1. The van der Waals surface area contributed by atoms with Gasteiger partial charge in [-0.1, -0.05) is 42.1 Å². The predicted octanol–water partition coefficient (Wildman–Crippen LogP) is 0.952. The molecule has 1 amide bonds. The highest BCUT2D eigenvalue weighted by Crippen LogP contribution is 2.02. The van der Waals surface area contributed by atoms with E-state index in [0.29, 0.717) is 18.7 Å². The van der Waals surface area contributed by atoms with Gasteiger partial charge in [0, 0.05) is 19.2 Å². The molecule has 98 valence electrons. The van der Waals surface area contributed by atoms with E-state index in [1.54, 1.807) is 0 Å². The van der Waals surface area contributed by atoms with E-state index in [-0.39, 0.29) is 11.0 Å². The van der Waals surface area contributed by atoms with Gasteiger partial charge < -0.3 is 11.1 Å². The Morgan fingerprint density at radius 2 is 2.00 bits per heavy atom. The average molecular weight is 266 g/mol. The van der Waals surface area contributed by atoms with Crippen molar-refractivity contribution in [1.82, 2.24) is 5.32 Å². The number of carbonyl (C=O) groups is 2. The number of hydrogen-bond donors (Lipinski definition) is 2. The lowest BCUT2D eigenvalue weighted by atomic mass is 10.1. The fraction of sp³-hybridized carbons (Fsp3) is 0.385. The average Bonchev–Trinajstić information content (AvgIpc) is 2.35. The molecular formula is C13H18N2O2S. The van der Waals surface area contributed by atoms with Crippen LogP contribution in [-0.2, 0) is 16.0 Å². The summed E-state index contributed by atoms with van der Waals surface area (Å²) in [6.45, 7) is 1.97. The lowest BCUT2D eigenvalue weighted by Crippen LogP contribution is -2.42. The van der Waals surface area contributed by atoms with Crippen LogP contribution >= 0.6 is 11.8 Å². The van der Waals surface area contributed by atoms with Crippen LogP contribution in [-0.4, -0.2) is 29.4 Å². The molecule has 0 aliphatic heterocycles. The monoisotopic (exact) mass is 266 g/mol. The summed E-state index contributed by atoms with van der Waals surface area (Å²) in [5.74, 6) is 0.405. The van der Waals surface area contributed by atoms with Crippen LogP contribution in [0.2, 0.25) is 0 Å². The fourth-order valence-corrected chi connectivity index (χ4v) is 1.95. The number of carbonyl (C=O) groups excluding carboxylic acids is 2. The molecule has 1 atom stereocenters. The largest absolute Gasteiger partial charge is 0.354 e. The van der Waals surface area contributed by atoms with Crippen molar-refractivity contribution in [3.8, 4) is 0 Å². The second-order valence-corrected chi connectivity index (χ2v) is 5.20. The Bertz CT molecular complexity index is 395. The van der Waals surface area contributed by atoms with Gasteiger partial charge in [-0.25, -0.2) is 0 Å². The highest BCUT2D eigenvalue weighted by molar-refractivity contribution is 8.13. The standard InChI is InChI=1S/C13H18N2O2S/c1-10(16)18-8-7-15-13(17)12(14)9-11-5-3-2-4-6-11/h2-6,12H,7-9,14H2,1H3,(H,15,17)/t12-/m0/s1. The number of amides is 1. The van der Waals surface area contributed by atoms with E-state index >= 15 is 0 Å². The van der Waals surface area contributed by atoms with Crippen LogP contribution in [0, 0.1) is 0 Å². The summed E-state index contributed by atoms with van der Waals surface area (Å²) in [6.07, 6.45) is 0.520. The van der Waals surface area contributed by atoms with E-state index in [1.807, 2.05) is 30.3 Å². The molecule has 1 aromatic rings. The smallest absolute Gasteiger partial charge is 0.237 e. The van der Waals surface area contributed by atoms with Crippen LogP contribution in [0.4, 0.5) is 0 Å². The third-order valence-corrected chi connectivity index (χ3v) is 3.16. The quantitative estimate of drug-likeness (QED) is 0.752. The van der Waals surface area contributed by atoms with Crippen LogP contribution < -0.4 is 11.1 Å². The fourth-order valence-electron chi connectivity index (χ4n) is 1.46. The summed E-state index contributed by atoms with van der Waals surface area (Å²) < 4.78 is 0. The summed E-state index contributed by atoms with van der Waals surface area (Å²) in [4.78, 5) is 22.4. The van der Waals surface area contributed by atoms with Gasteiger partial charge in [-0.15, -0.1) is 0 Å². The number of benzene rings is 1. The zero-order valence-electron chi connectivity index (χ0n) is 10.4. The minimum atomic E-state index is -0.547. The molecule has 0 fully saturated rings. The molecule has 0 saturated heterocycles. The van der Waals surface area contributed by atoms with E-state index in [2.05, 4.69) is 5.32 Å². The Kier molecular flexibility index (Phi) is 6.46. The van der Waals surface area contributed by atoms with E-state index < -0.39 is 6.04 Å². The Hall–Kier alpha value is -1.33. The second kappa shape index (κ2) is 7.89. The van der Waals surface area contributed by atoms with E-state index in [9.17, 15) is 9.59 Å². The van der Waals surface area contributed by atoms with Crippen LogP contribution in [0.1, 0.15) is 12.5 Å². The molecule has 0 aliphatic rings. The zero-order valence-corrected chi connectivity index (χ0v) is 11.2. The first kappa shape index (κ1) is 14.7. The molecule has 5 heteroatoms. The molecule has 0 unspecified atom stereocenters. The van der Waals surface area contributed by atoms with Gasteiger partial charge in [-0.2, -0.15) is 0 Å². The van der Waals surface area contributed by atoms with Gasteiger partial charge in [0.2, 0.25) is 5.91 Å². The Labute approximate surface area is 111 Å². The summed E-state index contributed by atoms with van der Waals surface area (Å²) in [5, 5.41) is 2.77. The van der Waals surface area contributed by atoms with Gasteiger partial charge in [0.1, 0.15) is 0 Å². The van der Waals surface area contributed by atoms with Gasteiger partial charge in [-0.05, 0) is 12.0 Å². The van der Waals surface area contributed by atoms with E-state index in [4.69, 9.17) is 5.73 Å². The molecule has 0 bridgehead atoms. The lowest BCUT2D eigenvalue weighted by Gasteiger charge is -2.11. The van der Waals surface area contributed by atoms with Gasteiger partial charge in [0.15, 0.2) is 5.12 Å². The van der Waals surface area contributed by atoms with Gasteiger partial charge in [0.05, 0.1) is 6.04 Å². The highest BCUT2D eigenvalue weighted by atomic mass is 32.2. The molecule has 4 nitrogen and oxygen atoms in total. The van der Waals surface area contributed by atoms with Gasteiger partial charge >= 0.3 is 0 Å². The molecular weight excluding hydrogens is 248 g/mol. The third kappa shape index (κ3) is 5.84. The maximum atomic E-state index is 11.7. The van der Waals surface area contributed by atoms with Crippen molar-refractivity contribution < 1.29 is 9.59 Å². The Morgan fingerprint density at radius 3 is 2.61 bits per heavy atom. The van der Waals surface area contributed by atoms with Crippen molar-refractivity contribution in [2.75, 3.05) is 12.3 Å². The van der Waals surface area contributed by atoms with Crippen molar-refractivity contribution in [2.24, 2.45) is 5.73 Å². The topological polar surface area (TPSA) is 72.2 Å². The van der Waals surface area contributed by atoms with E-state index in [1.165, 1.54) is 18.7 Å². The molecule has 0 heterocycles. The highest BCUT2D eigenvalue weighted by Gasteiger charge is 2.13. The van der Waals surface area contributed by atoms with Crippen molar-refractivity contribution in [3.05, 3.63) is 35.9 Å². The Morgan fingerprint density at radius 1 is 1.33 bits per heavy atom. The zero-order chi connectivity index (χ0) is 13.4. The maximum absolute atomic E-state index is 11.7. The molecule has 0 aliphatic carbocycles. The summed E-state index contributed by atoms with van der Waals surface area (Å²) in [5.41, 5.74) is 6.85. The van der Waals surface area contributed by atoms with Crippen LogP contribution in [0.15, 0.2) is 30.3 Å². The first-order valence-corrected chi connectivity index (χ1v) is 6.78. The summed E-state index contributed by atoms with van der Waals surface area (Å²) in [7, 11) is 0. The lowest BCUT2D eigenvalue weighted by molar-refractivity contribution is -0.122. The minimum absolute atomic E-state index is 0.0535. The summed E-state index contributed by atoms with van der Waals surface area (Å²) >= 11 is 1.19. The molecule has 0 aromatic heterocycles. The van der Waals surface area contributed by atoms with E-state index in [0.717, 1.165) is 5.56 Å². The Balaban J connectivity index is 2.27. The normalized spacial score (nSPS) is 11.9. The molecule has 1 aromatic carbocycles. The third-order valence-electron chi connectivity index (χ3n) is 2.34. The molecule has 18 heavy (non-hydrogen) atoms. The number of rotatable bonds is 6.